The molecule has 16 heteroatoms. The summed E-state index contributed by atoms with van der Waals surface area (Å²) in [7, 11) is -3.67. The van der Waals surface area contributed by atoms with Gasteiger partial charge in [-0.1, -0.05) is 60.7 Å². The lowest BCUT2D eigenvalue weighted by molar-refractivity contribution is -0.123. The number of benzene rings is 2. The molecule has 0 saturated heterocycles. The van der Waals surface area contributed by atoms with Crippen LogP contribution in [0.3, 0.4) is 0 Å². The number of aliphatic hydroxyl groups is 2. The van der Waals surface area contributed by atoms with Crippen molar-refractivity contribution in [2.24, 2.45) is 11.5 Å². The van der Waals surface area contributed by atoms with E-state index in [-0.39, 0.29) is 13.2 Å². The third-order valence-electron chi connectivity index (χ3n) is 4.55. The summed E-state index contributed by atoms with van der Waals surface area (Å²) in [5, 5.41) is 22.9. The van der Waals surface area contributed by atoms with Gasteiger partial charge in [-0.05, 0) is 25.0 Å². The second-order valence-corrected chi connectivity index (χ2v) is 9.85. The first-order chi connectivity index (χ1) is 19.0. The standard InChI is InChI=1S/2C12H16N2O4.CH4O3S/c2*1-8(15)10(11(13)16)14-12(17)18-7-9-5-3-2-4-6-9;1-5(2,3)4/h2*2-6,8,10,15H,7H2,1H3,(H2,13,16)(H,14,17);1H3,(H,2,3,4)/t2*8?,10-;/m00./s1. The normalized spacial score (nSPS) is 13.2. The van der Waals surface area contributed by atoms with E-state index in [4.69, 9.17) is 25.5 Å². The van der Waals surface area contributed by atoms with Crippen LogP contribution in [0.1, 0.15) is 25.0 Å². The molecule has 2 unspecified atom stereocenters. The Morgan fingerprint density at radius 2 is 1.00 bits per heavy atom. The molecule has 2 aromatic rings. The number of nitrogens with two attached hydrogens (primary N) is 2. The van der Waals surface area contributed by atoms with Crippen LogP contribution in [0, 0.1) is 0 Å². The molecule has 0 aromatic heterocycles. The molecule has 4 atom stereocenters. The predicted molar refractivity (Wildman–Crippen MR) is 146 cm³/mol. The van der Waals surface area contributed by atoms with Gasteiger partial charge >= 0.3 is 12.2 Å². The number of primary amides is 2. The maximum atomic E-state index is 11.4. The molecule has 0 fully saturated rings. The molecule has 9 N–H and O–H groups in total. The van der Waals surface area contributed by atoms with Crippen molar-refractivity contribution in [3.05, 3.63) is 71.8 Å². The van der Waals surface area contributed by atoms with Gasteiger partial charge in [0, 0.05) is 0 Å². The zero-order chi connectivity index (χ0) is 31.6. The van der Waals surface area contributed by atoms with E-state index in [2.05, 4.69) is 10.6 Å². The summed E-state index contributed by atoms with van der Waals surface area (Å²) in [6, 6.07) is 15.8. The number of ether oxygens (including phenoxy) is 2. The average molecular weight is 601 g/mol. The summed E-state index contributed by atoms with van der Waals surface area (Å²) in [5.41, 5.74) is 11.7. The molecule has 0 saturated carbocycles. The minimum Gasteiger partial charge on any atom is -0.445 e. The van der Waals surface area contributed by atoms with Crippen molar-refractivity contribution in [2.75, 3.05) is 6.26 Å². The number of hydrogen-bond acceptors (Lipinski definition) is 10. The van der Waals surface area contributed by atoms with E-state index < -0.39 is 58.4 Å². The minimum atomic E-state index is -3.67. The van der Waals surface area contributed by atoms with Crippen LogP contribution in [0.25, 0.3) is 0 Å². The summed E-state index contributed by atoms with van der Waals surface area (Å²) < 4.78 is 35.6. The lowest BCUT2D eigenvalue weighted by atomic mass is 10.2. The highest BCUT2D eigenvalue weighted by Gasteiger charge is 2.24. The largest absolute Gasteiger partial charge is 0.445 e. The molecular weight excluding hydrogens is 564 g/mol. The number of amides is 4. The molecule has 0 heterocycles. The van der Waals surface area contributed by atoms with Crippen LogP contribution in [0.4, 0.5) is 9.59 Å². The maximum absolute atomic E-state index is 11.4. The Hall–Kier alpha value is -4.25. The van der Waals surface area contributed by atoms with Crippen molar-refractivity contribution in [1.82, 2.24) is 10.6 Å². The van der Waals surface area contributed by atoms with Gasteiger partial charge < -0.3 is 41.8 Å². The first kappa shape index (κ1) is 36.8. The number of carbonyl (C=O) groups is 4. The zero-order valence-electron chi connectivity index (χ0n) is 22.7. The van der Waals surface area contributed by atoms with Crippen molar-refractivity contribution in [3.8, 4) is 0 Å². The van der Waals surface area contributed by atoms with Crippen LogP contribution >= 0.6 is 0 Å². The van der Waals surface area contributed by atoms with Crippen LogP contribution < -0.4 is 22.1 Å². The SMILES string of the molecule is CC(O)[C@H](NC(=O)OCc1ccccc1)C(N)=O.CC(O)[C@H](NC(=O)OCc1ccccc1)C(N)=O.CS(=O)(=O)O. The van der Waals surface area contributed by atoms with Crippen LogP contribution in [0.5, 0.6) is 0 Å². The second kappa shape index (κ2) is 18.9. The Labute approximate surface area is 237 Å². The van der Waals surface area contributed by atoms with Gasteiger partial charge in [-0.2, -0.15) is 8.42 Å². The number of nitrogens with one attached hydrogen (secondary N) is 2. The van der Waals surface area contributed by atoms with Crippen molar-refractivity contribution in [2.45, 2.75) is 51.4 Å². The fourth-order valence-corrected chi connectivity index (χ4v) is 2.64. The highest BCUT2D eigenvalue weighted by atomic mass is 32.2. The molecule has 0 bridgehead atoms. The van der Waals surface area contributed by atoms with Crippen molar-refractivity contribution >= 4 is 34.1 Å². The number of aliphatic hydroxyl groups excluding tert-OH is 2. The molecule has 4 amide bonds. The first-order valence-electron chi connectivity index (χ1n) is 11.8. The van der Waals surface area contributed by atoms with Crippen molar-refractivity contribution < 1.29 is 51.8 Å². The molecule has 228 valence electrons. The van der Waals surface area contributed by atoms with Gasteiger partial charge in [0.25, 0.3) is 10.1 Å². The molecule has 41 heavy (non-hydrogen) atoms. The monoisotopic (exact) mass is 600 g/mol. The molecular formula is C25H36N4O11S. The number of rotatable bonds is 10. The van der Waals surface area contributed by atoms with Gasteiger partial charge in [0.05, 0.1) is 18.5 Å². The average Bonchev–Trinajstić information content (AvgIpc) is 2.88. The fraction of sp³-hybridized carbons (Fsp3) is 0.360. The van der Waals surface area contributed by atoms with Gasteiger partial charge in [0.1, 0.15) is 25.3 Å². The number of hydrogen-bond donors (Lipinski definition) is 7. The fourth-order valence-electron chi connectivity index (χ4n) is 2.64. The highest BCUT2D eigenvalue weighted by Crippen LogP contribution is 2.02. The molecule has 2 rings (SSSR count). The number of alkyl carbamates (subject to hydrolysis) is 2. The van der Waals surface area contributed by atoms with Gasteiger partial charge in [-0.3, -0.25) is 14.1 Å². The smallest absolute Gasteiger partial charge is 0.408 e. The summed E-state index contributed by atoms with van der Waals surface area (Å²) in [5.74, 6) is -1.64. The lowest BCUT2D eigenvalue weighted by Gasteiger charge is -2.17. The molecule has 0 spiro atoms. The summed E-state index contributed by atoms with van der Waals surface area (Å²) in [6.07, 6.45) is -3.04. The van der Waals surface area contributed by atoms with E-state index in [1.54, 1.807) is 24.3 Å². The van der Waals surface area contributed by atoms with Crippen molar-refractivity contribution in [1.29, 1.82) is 0 Å². The Kier molecular flexibility index (Phi) is 17.0. The maximum Gasteiger partial charge on any atom is 0.408 e. The van der Waals surface area contributed by atoms with E-state index >= 15 is 0 Å². The quantitative estimate of drug-likeness (QED) is 0.176. The van der Waals surface area contributed by atoms with E-state index in [1.807, 2.05) is 36.4 Å². The highest BCUT2D eigenvalue weighted by molar-refractivity contribution is 7.85. The number of carbonyl (C=O) groups excluding carboxylic acids is 4. The Bertz CT molecular complexity index is 1110. The third kappa shape index (κ3) is 19.5. The van der Waals surface area contributed by atoms with Gasteiger partial charge in [-0.25, -0.2) is 9.59 Å². The van der Waals surface area contributed by atoms with E-state index in [9.17, 15) is 37.8 Å². The molecule has 2 aromatic carbocycles. The van der Waals surface area contributed by atoms with Crippen LogP contribution in [-0.2, 0) is 42.4 Å². The molecule has 0 aliphatic heterocycles. The molecule has 0 aliphatic rings. The van der Waals surface area contributed by atoms with Gasteiger partial charge in [0.2, 0.25) is 11.8 Å². The first-order valence-corrected chi connectivity index (χ1v) is 13.7. The Morgan fingerprint density at radius 3 is 1.22 bits per heavy atom. The third-order valence-corrected chi connectivity index (χ3v) is 4.55. The Morgan fingerprint density at radius 1 is 0.732 bits per heavy atom. The van der Waals surface area contributed by atoms with E-state index in [0.29, 0.717) is 6.26 Å². The van der Waals surface area contributed by atoms with Crippen LogP contribution in [-0.4, -0.2) is 77.7 Å². The summed E-state index contributed by atoms with van der Waals surface area (Å²) >= 11 is 0. The Balaban J connectivity index is 0.000000671. The predicted octanol–water partition coefficient (Wildman–Crippen LogP) is -0.201. The minimum absolute atomic E-state index is 0.0813. The van der Waals surface area contributed by atoms with Gasteiger partial charge in [-0.15, -0.1) is 0 Å². The molecule has 15 nitrogen and oxygen atoms in total. The van der Waals surface area contributed by atoms with E-state index in [0.717, 1.165) is 11.1 Å². The molecule has 0 aliphatic carbocycles. The summed E-state index contributed by atoms with van der Waals surface area (Å²) in [4.78, 5) is 44.7. The van der Waals surface area contributed by atoms with E-state index in [1.165, 1.54) is 13.8 Å². The van der Waals surface area contributed by atoms with Gasteiger partial charge in [0.15, 0.2) is 0 Å². The zero-order valence-corrected chi connectivity index (χ0v) is 23.5. The molecule has 0 radical (unpaired) electrons. The topological polar surface area (TPSA) is 258 Å². The second-order valence-electron chi connectivity index (χ2n) is 8.39. The van der Waals surface area contributed by atoms with Crippen LogP contribution in [0.15, 0.2) is 60.7 Å². The van der Waals surface area contributed by atoms with Crippen LogP contribution in [0.2, 0.25) is 0 Å². The summed E-state index contributed by atoms with van der Waals surface area (Å²) in [6.45, 7) is 2.87. The lowest BCUT2D eigenvalue weighted by Crippen LogP contribution is -2.50. The van der Waals surface area contributed by atoms with Crippen molar-refractivity contribution in [3.63, 3.8) is 0 Å².